The first-order valence-electron chi connectivity index (χ1n) is 9.74. The van der Waals surface area contributed by atoms with Gasteiger partial charge in [-0.25, -0.2) is 0 Å². The molecule has 0 aliphatic rings. The van der Waals surface area contributed by atoms with Crippen LogP contribution in [0.25, 0.3) is 0 Å². The van der Waals surface area contributed by atoms with E-state index in [1.54, 1.807) is 0 Å². The third-order valence-corrected chi connectivity index (χ3v) is 9.63. The van der Waals surface area contributed by atoms with Gasteiger partial charge in [0.05, 0.1) is 0 Å². The first kappa shape index (κ1) is 27.4. The van der Waals surface area contributed by atoms with Crippen molar-refractivity contribution in [3.63, 3.8) is 0 Å². The van der Waals surface area contributed by atoms with Crippen LogP contribution < -0.4 is 11.5 Å². The van der Waals surface area contributed by atoms with Crippen molar-refractivity contribution in [3.8, 4) is 0 Å². The van der Waals surface area contributed by atoms with Crippen molar-refractivity contribution in [3.05, 3.63) is 0 Å². The van der Waals surface area contributed by atoms with E-state index in [0.717, 1.165) is 38.4 Å². The lowest BCUT2D eigenvalue weighted by molar-refractivity contribution is 0.0707. The summed E-state index contributed by atoms with van der Waals surface area (Å²) in [4.78, 5) is 0. The van der Waals surface area contributed by atoms with Gasteiger partial charge in [0.15, 0.2) is 8.32 Å². The van der Waals surface area contributed by atoms with Crippen LogP contribution in [0.15, 0.2) is 0 Å². The highest BCUT2D eigenvalue weighted by Crippen LogP contribution is 2.18. The zero-order chi connectivity index (χ0) is 19.6. The third-order valence-electron chi connectivity index (χ3n) is 3.82. The molecule has 0 spiro atoms. The summed E-state index contributed by atoms with van der Waals surface area (Å²) in [5, 5.41) is 0. The van der Waals surface area contributed by atoms with Crippen molar-refractivity contribution in [1.29, 1.82) is 0 Å². The first-order valence-corrected chi connectivity index (χ1v) is 14.8. The van der Waals surface area contributed by atoms with Gasteiger partial charge in [0, 0.05) is 33.0 Å². The SMILES string of the molecule is CCO[Si](CCCCN)(OCC)OCC.CO[Si](C)(C)CCCCN. The molecular weight excluding hydrogens is 352 g/mol. The van der Waals surface area contributed by atoms with Gasteiger partial charge in [-0.2, -0.15) is 0 Å². The van der Waals surface area contributed by atoms with Crippen molar-refractivity contribution >= 4 is 17.1 Å². The Morgan fingerprint density at radius 2 is 1.08 bits per heavy atom. The smallest absolute Gasteiger partial charge is 0.420 e. The fourth-order valence-electron chi connectivity index (χ4n) is 2.28. The monoisotopic (exact) mass is 396 g/mol. The van der Waals surface area contributed by atoms with E-state index in [-0.39, 0.29) is 0 Å². The van der Waals surface area contributed by atoms with Gasteiger partial charge in [0.25, 0.3) is 0 Å². The fourth-order valence-corrected chi connectivity index (χ4v) is 6.28. The van der Waals surface area contributed by atoms with E-state index < -0.39 is 17.1 Å². The molecule has 0 amide bonds. The molecule has 8 heteroatoms. The van der Waals surface area contributed by atoms with Crippen molar-refractivity contribution in [1.82, 2.24) is 0 Å². The van der Waals surface area contributed by atoms with Gasteiger partial charge in [-0.05, 0) is 72.3 Å². The number of unbranched alkanes of at least 4 members (excludes halogenated alkanes) is 2. The lowest BCUT2D eigenvalue weighted by Crippen LogP contribution is -2.45. The molecule has 0 radical (unpaired) electrons. The van der Waals surface area contributed by atoms with Crippen molar-refractivity contribution < 1.29 is 17.7 Å². The molecule has 0 saturated carbocycles. The van der Waals surface area contributed by atoms with Crippen LogP contribution in [0.3, 0.4) is 0 Å². The molecule has 154 valence electrons. The minimum atomic E-state index is -2.39. The maximum Gasteiger partial charge on any atom is 0.500 e. The summed E-state index contributed by atoms with van der Waals surface area (Å²) in [7, 11) is -1.84. The van der Waals surface area contributed by atoms with Crippen LogP contribution in [0, 0.1) is 0 Å². The Kier molecular flexibility index (Phi) is 19.3. The molecule has 0 fully saturated rings. The molecule has 0 bridgehead atoms. The molecule has 25 heavy (non-hydrogen) atoms. The molecule has 0 rings (SSSR count). The summed E-state index contributed by atoms with van der Waals surface area (Å²) in [6, 6.07) is 2.11. The average Bonchev–Trinajstić information content (AvgIpc) is 2.57. The number of nitrogens with two attached hydrogens (primary N) is 2. The molecule has 0 aliphatic heterocycles. The summed E-state index contributed by atoms with van der Waals surface area (Å²) in [5.74, 6) is 0. The Labute approximate surface area is 158 Å². The molecule has 0 atom stereocenters. The summed E-state index contributed by atoms with van der Waals surface area (Å²) >= 11 is 0. The second-order valence-electron chi connectivity index (χ2n) is 6.44. The van der Waals surface area contributed by atoms with Crippen molar-refractivity contribution in [2.75, 3.05) is 40.0 Å². The van der Waals surface area contributed by atoms with Crippen LogP contribution in [-0.4, -0.2) is 57.1 Å². The average molecular weight is 397 g/mol. The maximum atomic E-state index is 5.71. The highest BCUT2D eigenvalue weighted by atomic mass is 28.4. The van der Waals surface area contributed by atoms with E-state index in [1.807, 2.05) is 27.9 Å². The molecule has 0 aromatic carbocycles. The van der Waals surface area contributed by atoms with E-state index in [9.17, 15) is 0 Å². The number of hydrogen-bond donors (Lipinski definition) is 2. The molecule has 0 heterocycles. The molecular formula is C17H44N2O4Si2. The summed E-state index contributed by atoms with van der Waals surface area (Å²) in [6.45, 7) is 13.9. The minimum absolute atomic E-state index is 0.648. The third kappa shape index (κ3) is 16.1. The van der Waals surface area contributed by atoms with Crippen LogP contribution >= 0.6 is 0 Å². The highest BCUT2D eigenvalue weighted by Gasteiger charge is 2.39. The minimum Gasteiger partial charge on any atom is -0.420 e. The van der Waals surface area contributed by atoms with Crippen molar-refractivity contribution in [2.24, 2.45) is 11.5 Å². The summed E-state index contributed by atoms with van der Waals surface area (Å²) in [5.41, 5.74) is 10.8. The Bertz CT molecular complexity index is 268. The largest absolute Gasteiger partial charge is 0.500 e. The van der Waals surface area contributed by atoms with Crippen LogP contribution in [-0.2, 0) is 17.7 Å². The first-order chi connectivity index (χ1) is 11.9. The van der Waals surface area contributed by atoms with Crippen LogP contribution in [0.5, 0.6) is 0 Å². The standard InChI is InChI=1S/C10H25NO3Si.C7H19NOSi/c1-4-12-15(13-5-2,14-6-3)10-8-7-9-11;1-9-10(2,3)7-5-4-6-8/h4-11H2,1-3H3;4-8H2,1-3H3. The van der Waals surface area contributed by atoms with E-state index in [0.29, 0.717) is 19.8 Å². The van der Waals surface area contributed by atoms with E-state index in [2.05, 4.69) is 13.1 Å². The highest BCUT2D eigenvalue weighted by molar-refractivity contribution is 6.71. The van der Waals surface area contributed by atoms with Crippen molar-refractivity contribution in [2.45, 2.75) is 71.6 Å². The van der Waals surface area contributed by atoms with Gasteiger partial charge >= 0.3 is 8.80 Å². The van der Waals surface area contributed by atoms with E-state index >= 15 is 0 Å². The Hall–Kier alpha value is 0.194. The summed E-state index contributed by atoms with van der Waals surface area (Å²) in [6.07, 6.45) is 4.38. The van der Waals surface area contributed by atoms with Gasteiger partial charge in [-0.1, -0.05) is 6.42 Å². The summed E-state index contributed by atoms with van der Waals surface area (Å²) < 4.78 is 22.5. The van der Waals surface area contributed by atoms with Gasteiger partial charge < -0.3 is 29.2 Å². The Balaban J connectivity index is 0. The Morgan fingerprint density at radius 1 is 0.680 bits per heavy atom. The quantitative estimate of drug-likeness (QED) is 0.326. The number of rotatable bonds is 15. The number of hydrogen-bond acceptors (Lipinski definition) is 6. The zero-order valence-electron chi connectivity index (χ0n) is 17.6. The topological polar surface area (TPSA) is 89.0 Å². The van der Waals surface area contributed by atoms with Gasteiger partial charge in [0.1, 0.15) is 0 Å². The predicted molar refractivity (Wildman–Crippen MR) is 111 cm³/mol. The lowest BCUT2D eigenvalue weighted by Gasteiger charge is -2.28. The maximum absolute atomic E-state index is 5.71. The molecule has 0 aromatic rings. The lowest BCUT2D eigenvalue weighted by atomic mass is 10.3. The van der Waals surface area contributed by atoms with Crippen LogP contribution in [0.1, 0.15) is 46.5 Å². The second kappa shape index (κ2) is 17.6. The molecule has 0 aromatic heterocycles. The van der Waals surface area contributed by atoms with E-state index in [1.165, 1.54) is 12.5 Å². The molecule has 0 saturated heterocycles. The molecule has 4 N–H and O–H groups in total. The fraction of sp³-hybridized carbons (Fsp3) is 1.00. The second-order valence-corrected chi connectivity index (χ2v) is 13.6. The molecule has 0 unspecified atom stereocenters. The zero-order valence-corrected chi connectivity index (χ0v) is 19.6. The van der Waals surface area contributed by atoms with Crippen LogP contribution in [0.4, 0.5) is 0 Å². The molecule has 0 aliphatic carbocycles. The Morgan fingerprint density at radius 3 is 1.40 bits per heavy atom. The van der Waals surface area contributed by atoms with Gasteiger partial charge in [-0.3, -0.25) is 0 Å². The van der Waals surface area contributed by atoms with E-state index in [4.69, 9.17) is 29.2 Å². The molecule has 6 nitrogen and oxygen atoms in total. The predicted octanol–water partition coefficient (Wildman–Crippen LogP) is 3.35. The van der Waals surface area contributed by atoms with Crippen LogP contribution in [0.2, 0.25) is 25.2 Å². The van der Waals surface area contributed by atoms with Gasteiger partial charge in [0.2, 0.25) is 0 Å². The van der Waals surface area contributed by atoms with Gasteiger partial charge in [-0.15, -0.1) is 0 Å². The normalized spacial score (nSPS) is 12.0.